The van der Waals surface area contributed by atoms with Crippen LogP contribution in [0.1, 0.15) is 44.9 Å². The third-order valence-corrected chi connectivity index (χ3v) is 3.22. The maximum Gasteiger partial charge on any atom is 0.0833 e. The molecule has 0 aromatic carbocycles. The van der Waals surface area contributed by atoms with Gasteiger partial charge in [0, 0.05) is 6.61 Å². The number of aliphatic hydroxyl groups is 1. The standard InChI is InChI=1S/C11H20O2/c12-10-3-1-2-4-11(10)13-8-7-9-5-6-9/h9-12H,1-8H2. The fourth-order valence-electron chi connectivity index (χ4n) is 2.06. The van der Waals surface area contributed by atoms with Crippen LogP contribution < -0.4 is 0 Å². The SMILES string of the molecule is OC1CCCCC1OCCC1CC1. The van der Waals surface area contributed by atoms with Gasteiger partial charge >= 0.3 is 0 Å². The molecular weight excluding hydrogens is 164 g/mol. The Kier molecular flexibility index (Phi) is 3.23. The zero-order valence-electron chi connectivity index (χ0n) is 8.24. The third-order valence-electron chi connectivity index (χ3n) is 3.22. The summed E-state index contributed by atoms with van der Waals surface area (Å²) in [6.07, 6.45) is 8.37. The first kappa shape index (κ1) is 9.47. The first-order valence-corrected chi connectivity index (χ1v) is 5.66. The van der Waals surface area contributed by atoms with Gasteiger partial charge in [-0.05, 0) is 25.2 Å². The highest BCUT2D eigenvalue weighted by atomic mass is 16.5. The zero-order chi connectivity index (χ0) is 9.10. The molecule has 2 heteroatoms. The lowest BCUT2D eigenvalue weighted by atomic mass is 9.95. The molecule has 0 bridgehead atoms. The van der Waals surface area contributed by atoms with Crippen molar-refractivity contribution in [2.75, 3.05) is 6.61 Å². The van der Waals surface area contributed by atoms with E-state index >= 15 is 0 Å². The van der Waals surface area contributed by atoms with Crippen LogP contribution in [-0.4, -0.2) is 23.9 Å². The minimum Gasteiger partial charge on any atom is -0.390 e. The molecule has 0 heterocycles. The third kappa shape index (κ3) is 2.96. The summed E-state index contributed by atoms with van der Waals surface area (Å²) in [7, 11) is 0. The quantitative estimate of drug-likeness (QED) is 0.725. The Morgan fingerprint density at radius 3 is 2.54 bits per heavy atom. The van der Waals surface area contributed by atoms with E-state index in [1.165, 1.54) is 32.1 Å². The van der Waals surface area contributed by atoms with Gasteiger partial charge in [-0.15, -0.1) is 0 Å². The van der Waals surface area contributed by atoms with Gasteiger partial charge in [-0.3, -0.25) is 0 Å². The van der Waals surface area contributed by atoms with Crippen LogP contribution in [-0.2, 0) is 4.74 Å². The maximum atomic E-state index is 9.62. The van der Waals surface area contributed by atoms with Gasteiger partial charge in [0.05, 0.1) is 12.2 Å². The first-order chi connectivity index (χ1) is 6.36. The molecule has 0 aliphatic heterocycles. The Morgan fingerprint density at radius 1 is 1.08 bits per heavy atom. The molecule has 2 rings (SSSR count). The lowest BCUT2D eigenvalue weighted by Gasteiger charge is -2.27. The van der Waals surface area contributed by atoms with Crippen molar-refractivity contribution < 1.29 is 9.84 Å². The van der Waals surface area contributed by atoms with Crippen molar-refractivity contribution in [2.45, 2.75) is 57.2 Å². The van der Waals surface area contributed by atoms with Gasteiger partial charge < -0.3 is 9.84 Å². The molecule has 76 valence electrons. The smallest absolute Gasteiger partial charge is 0.0833 e. The number of hydrogen-bond acceptors (Lipinski definition) is 2. The summed E-state index contributed by atoms with van der Waals surface area (Å²) in [5.41, 5.74) is 0. The van der Waals surface area contributed by atoms with Gasteiger partial charge in [0.25, 0.3) is 0 Å². The average molecular weight is 184 g/mol. The Hall–Kier alpha value is -0.0800. The molecule has 0 spiro atoms. The molecule has 0 aromatic rings. The second-order valence-electron chi connectivity index (χ2n) is 4.49. The molecule has 2 atom stereocenters. The van der Waals surface area contributed by atoms with E-state index in [0.29, 0.717) is 0 Å². The minimum absolute atomic E-state index is 0.146. The van der Waals surface area contributed by atoms with E-state index in [1.54, 1.807) is 0 Å². The summed E-state index contributed by atoms with van der Waals surface area (Å²) in [5, 5.41) is 9.62. The maximum absolute atomic E-state index is 9.62. The molecule has 0 radical (unpaired) electrons. The molecule has 2 unspecified atom stereocenters. The van der Waals surface area contributed by atoms with Gasteiger partial charge in [0.15, 0.2) is 0 Å². The normalized spacial score (nSPS) is 34.8. The molecule has 2 saturated carbocycles. The van der Waals surface area contributed by atoms with Gasteiger partial charge in [-0.2, -0.15) is 0 Å². The molecule has 2 nitrogen and oxygen atoms in total. The predicted molar refractivity (Wildman–Crippen MR) is 51.6 cm³/mol. The van der Waals surface area contributed by atoms with Crippen molar-refractivity contribution in [3.8, 4) is 0 Å². The summed E-state index contributed by atoms with van der Waals surface area (Å²) >= 11 is 0. The predicted octanol–water partition coefficient (Wildman–Crippen LogP) is 2.11. The van der Waals surface area contributed by atoms with Crippen molar-refractivity contribution in [1.29, 1.82) is 0 Å². The van der Waals surface area contributed by atoms with Crippen LogP contribution in [0, 0.1) is 5.92 Å². The minimum atomic E-state index is -0.187. The topological polar surface area (TPSA) is 29.5 Å². The highest BCUT2D eigenvalue weighted by molar-refractivity contribution is 4.76. The Morgan fingerprint density at radius 2 is 1.85 bits per heavy atom. The van der Waals surface area contributed by atoms with E-state index in [-0.39, 0.29) is 12.2 Å². The fourth-order valence-corrected chi connectivity index (χ4v) is 2.06. The van der Waals surface area contributed by atoms with Gasteiger partial charge in [0.2, 0.25) is 0 Å². The average Bonchev–Trinajstić information content (AvgIpc) is 2.92. The number of rotatable bonds is 4. The van der Waals surface area contributed by atoms with E-state index in [2.05, 4.69) is 0 Å². The first-order valence-electron chi connectivity index (χ1n) is 5.66. The van der Waals surface area contributed by atoms with Crippen molar-refractivity contribution in [3.63, 3.8) is 0 Å². The molecule has 0 saturated heterocycles. The van der Waals surface area contributed by atoms with Gasteiger partial charge in [-0.1, -0.05) is 25.7 Å². The Labute approximate surface area is 80.3 Å². The molecular formula is C11H20O2. The number of aliphatic hydroxyl groups excluding tert-OH is 1. The van der Waals surface area contributed by atoms with Crippen LogP contribution in [0.3, 0.4) is 0 Å². The van der Waals surface area contributed by atoms with E-state index in [1.807, 2.05) is 0 Å². The Balaban J connectivity index is 1.60. The van der Waals surface area contributed by atoms with E-state index in [9.17, 15) is 5.11 Å². The van der Waals surface area contributed by atoms with Crippen LogP contribution >= 0.6 is 0 Å². The zero-order valence-corrected chi connectivity index (χ0v) is 8.24. The Bertz CT molecular complexity index is 154. The molecule has 0 amide bonds. The second kappa shape index (κ2) is 4.43. The van der Waals surface area contributed by atoms with E-state index in [0.717, 1.165) is 25.4 Å². The van der Waals surface area contributed by atoms with Gasteiger partial charge in [-0.25, -0.2) is 0 Å². The summed E-state index contributed by atoms with van der Waals surface area (Å²) < 4.78 is 5.70. The van der Waals surface area contributed by atoms with Crippen molar-refractivity contribution in [2.24, 2.45) is 5.92 Å². The summed E-state index contributed by atoms with van der Waals surface area (Å²) in [6.45, 7) is 0.867. The molecule has 13 heavy (non-hydrogen) atoms. The van der Waals surface area contributed by atoms with Crippen LogP contribution in [0.25, 0.3) is 0 Å². The summed E-state index contributed by atoms with van der Waals surface area (Å²) in [5.74, 6) is 0.945. The van der Waals surface area contributed by atoms with Crippen LogP contribution in [0.15, 0.2) is 0 Å². The summed E-state index contributed by atoms with van der Waals surface area (Å²) in [6, 6.07) is 0. The van der Waals surface area contributed by atoms with E-state index in [4.69, 9.17) is 4.74 Å². The molecule has 2 fully saturated rings. The fraction of sp³-hybridized carbons (Fsp3) is 1.00. The molecule has 1 N–H and O–H groups in total. The molecule has 2 aliphatic carbocycles. The largest absolute Gasteiger partial charge is 0.390 e. The lowest BCUT2D eigenvalue weighted by Crippen LogP contribution is -2.32. The van der Waals surface area contributed by atoms with Crippen LogP contribution in [0.5, 0.6) is 0 Å². The van der Waals surface area contributed by atoms with E-state index < -0.39 is 0 Å². The monoisotopic (exact) mass is 184 g/mol. The highest BCUT2D eigenvalue weighted by Crippen LogP contribution is 2.32. The van der Waals surface area contributed by atoms with Crippen LogP contribution in [0.2, 0.25) is 0 Å². The van der Waals surface area contributed by atoms with Crippen molar-refractivity contribution in [3.05, 3.63) is 0 Å². The van der Waals surface area contributed by atoms with Crippen molar-refractivity contribution >= 4 is 0 Å². The summed E-state index contributed by atoms with van der Waals surface area (Å²) in [4.78, 5) is 0. The van der Waals surface area contributed by atoms with Crippen molar-refractivity contribution in [1.82, 2.24) is 0 Å². The molecule has 0 aromatic heterocycles. The number of hydrogen-bond donors (Lipinski definition) is 1. The van der Waals surface area contributed by atoms with Gasteiger partial charge in [0.1, 0.15) is 0 Å². The number of ether oxygens (including phenoxy) is 1. The molecule has 2 aliphatic rings. The highest BCUT2D eigenvalue weighted by Gasteiger charge is 2.25. The lowest BCUT2D eigenvalue weighted by molar-refractivity contribution is -0.0600. The second-order valence-corrected chi connectivity index (χ2v) is 4.49. The van der Waals surface area contributed by atoms with Crippen LogP contribution in [0.4, 0.5) is 0 Å².